The van der Waals surface area contributed by atoms with Crippen LogP contribution in [0.4, 0.5) is 0 Å². The summed E-state index contributed by atoms with van der Waals surface area (Å²) in [6, 6.07) is 0. The van der Waals surface area contributed by atoms with Gasteiger partial charge < -0.3 is 5.73 Å². The van der Waals surface area contributed by atoms with Crippen LogP contribution in [0.25, 0.3) is 0 Å². The summed E-state index contributed by atoms with van der Waals surface area (Å²) in [5, 5.41) is 4.62. The SMILES string of the molecule is Cn1nc(CCC2(N)CC2)c2c1CCC2. The highest BCUT2D eigenvalue weighted by atomic mass is 15.3. The van der Waals surface area contributed by atoms with Gasteiger partial charge in [0, 0.05) is 18.3 Å². The standard InChI is InChI=1S/C12H19N3/c1-15-11-4-2-3-9(11)10(14-15)5-6-12(13)7-8-12/h2-8,13H2,1H3. The zero-order valence-electron chi connectivity index (χ0n) is 9.42. The number of aromatic nitrogens is 2. The molecular formula is C12H19N3. The van der Waals surface area contributed by atoms with Crippen molar-refractivity contribution in [1.29, 1.82) is 0 Å². The zero-order chi connectivity index (χ0) is 10.5. The Hall–Kier alpha value is -0.830. The lowest BCUT2D eigenvalue weighted by Gasteiger charge is -2.06. The molecule has 2 aliphatic carbocycles. The molecule has 2 N–H and O–H groups in total. The van der Waals surface area contributed by atoms with Gasteiger partial charge in [0.15, 0.2) is 0 Å². The molecule has 3 nitrogen and oxygen atoms in total. The fraction of sp³-hybridized carbons (Fsp3) is 0.750. The predicted molar refractivity (Wildman–Crippen MR) is 59.7 cm³/mol. The molecule has 1 fully saturated rings. The first kappa shape index (κ1) is 9.40. The van der Waals surface area contributed by atoms with E-state index >= 15 is 0 Å². The van der Waals surface area contributed by atoms with Crippen LogP contribution in [0.5, 0.6) is 0 Å². The van der Waals surface area contributed by atoms with Gasteiger partial charge in [-0.1, -0.05) is 0 Å². The van der Waals surface area contributed by atoms with Crippen LogP contribution in [0.1, 0.15) is 42.6 Å². The third kappa shape index (κ3) is 1.59. The van der Waals surface area contributed by atoms with Crippen molar-refractivity contribution < 1.29 is 0 Å². The molecule has 0 saturated heterocycles. The zero-order valence-corrected chi connectivity index (χ0v) is 9.42. The molecule has 82 valence electrons. The number of fused-ring (bicyclic) bond motifs is 1. The molecule has 1 aromatic rings. The Labute approximate surface area is 90.7 Å². The van der Waals surface area contributed by atoms with Gasteiger partial charge in [-0.05, 0) is 50.5 Å². The maximum atomic E-state index is 6.11. The van der Waals surface area contributed by atoms with Gasteiger partial charge >= 0.3 is 0 Å². The number of rotatable bonds is 3. The first-order valence-corrected chi connectivity index (χ1v) is 6.00. The van der Waals surface area contributed by atoms with E-state index in [1.807, 2.05) is 0 Å². The van der Waals surface area contributed by atoms with Crippen molar-refractivity contribution in [2.45, 2.75) is 50.5 Å². The molecule has 15 heavy (non-hydrogen) atoms. The fourth-order valence-corrected chi connectivity index (χ4v) is 2.68. The van der Waals surface area contributed by atoms with E-state index in [9.17, 15) is 0 Å². The molecule has 1 saturated carbocycles. The molecule has 0 radical (unpaired) electrons. The van der Waals surface area contributed by atoms with Crippen LogP contribution < -0.4 is 5.73 Å². The van der Waals surface area contributed by atoms with Crippen LogP contribution in [-0.4, -0.2) is 15.3 Å². The molecule has 1 aromatic heterocycles. The van der Waals surface area contributed by atoms with Crippen molar-refractivity contribution in [2.75, 3.05) is 0 Å². The van der Waals surface area contributed by atoms with Crippen molar-refractivity contribution in [3.8, 4) is 0 Å². The highest BCUT2D eigenvalue weighted by molar-refractivity contribution is 5.31. The second-order valence-corrected chi connectivity index (χ2v) is 5.21. The summed E-state index contributed by atoms with van der Waals surface area (Å²) in [6.07, 6.45) is 8.38. The van der Waals surface area contributed by atoms with E-state index in [-0.39, 0.29) is 5.54 Å². The van der Waals surface area contributed by atoms with Crippen LogP contribution in [-0.2, 0) is 26.3 Å². The molecule has 1 heterocycles. The summed E-state index contributed by atoms with van der Waals surface area (Å²) < 4.78 is 2.08. The van der Waals surface area contributed by atoms with Gasteiger partial charge in [0.25, 0.3) is 0 Å². The molecule has 0 atom stereocenters. The maximum absolute atomic E-state index is 6.11. The van der Waals surface area contributed by atoms with E-state index in [1.54, 1.807) is 0 Å². The average molecular weight is 205 g/mol. The van der Waals surface area contributed by atoms with E-state index in [4.69, 9.17) is 5.73 Å². The predicted octanol–water partition coefficient (Wildman–Crippen LogP) is 1.33. The Balaban J connectivity index is 1.77. The molecule has 2 aliphatic rings. The average Bonchev–Trinajstić information content (AvgIpc) is 2.65. The van der Waals surface area contributed by atoms with Crippen LogP contribution in [0.15, 0.2) is 0 Å². The lowest BCUT2D eigenvalue weighted by molar-refractivity contribution is 0.591. The summed E-state index contributed by atoms with van der Waals surface area (Å²) >= 11 is 0. The third-order valence-corrected chi connectivity index (χ3v) is 3.95. The summed E-state index contributed by atoms with van der Waals surface area (Å²) in [4.78, 5) is 0. The van der Waals surface area contributed by atoms with E-state index in [0.29, 0.717) is 0 Å². The Morgan fingerprint density at radius 3 is 2.93 bits per heavy atom. The van der Waals surface area contributed by atoms with Crippen LogP contribution in [0.3, 0.4) is 0 Å². The molecule has 0 amide bonds. The highest BCUT2D eigenvalue weighted by Crippen LogP contribution is 2.37. The third-order valence-electron chi connectivity index (χ3n) is 3.95. The van der Waals surface area contributed by atoms with Gasteiger partial charge in [-0.2, -0.15) is 5.10 Å². The Morgan fingerprint density at radius 1 is 1.40 bits per heavy atom. The van der Waals surface area contributed by atoms with E-state index < -0.39 is 0 Å². The van der Waals surface area contributed by atoms with Crippen molar-refractivity contribution >= 4 is 0 Å². The van der Waals surface area contributed by atoms with Crippen LogP contribution in [0, 0.1) is 0 Å². The first-order valence-electron chi connectivity index (χ1n) is 6.00. The second kappa shape index (κ2) is 3.08. The number of aryl methyl sites for hydroxylation is 2. The van der Waals surface area contributed by atoms with Crippen LogP contribution >= 0.6 is 0 Å². The molecule has 3 heteroatoms. The van der Waals surface area contributed by atoms with Crippen molar-refractivity contribution in [3.63, 3.8) is 0 Å². The molecule has 0 bridgehead atoms. The summed E-state index contributed by atoms with van der Waals surface area (Å²) in [5.74, 6) is 0. The van der Waals surface area contributed by atoms with Gasteiger partial charge in [-0.3, -0.25) is 4.68 Å². The largest absolute Gasteiger partial charge is 0.325 e. The van der Waals surface area contributed by atoms with E-state index in [2.05, 4.69) is 16.8 Å². The number of nitrogens with zero attached hydrogens (tertiary/aromatic N) is 2. The van der Waals surface area contributed by atoms with E-state index in [0.717, 1.165) is 12.8 Å². The number of nitrogens with two attached hydrogens (primary N) is 1. The molecule has 0 spiro atoms. The first-order chi connectivity index (χ1) is 7.18. The summed E-state index contributed by atoms with van der Waals surface area (Å²) in [6.45, 7) is 0. The van der Waals surface area contributed by atoms with Gasteiger partial charge in [0.05, 0.1) is 5.69 Å². The monoisotopic (exact) mass is 205 g/mol. The normalized spacial score (nSPS) is 21.7. The highest BCUT2D eigenvalue weighted by Gasteiger charge is 2.38. The lowest BCUT2D eigenvalue weighted by atomic mass is 10.1. The van der Waals surface area contributed by atoms with Gasteiger partial charge in [-0.15, -0.1) is 0 Å². The quantitative estimate of drug-likeness (QED) is 0.809. The summed E-state index contributed by atoms with van der Waals surface area (Å²) in [7, 11) is 2.07. The molecule has 0 aromatic carbocycles. The summed E-state index contributed by atoms with van der Waals surface area (Å²) in [5.41, 5.74) is 10.6. The Kier molecular flexibility index (Phi) is 1.93. The van der Waals surface area contributed by atoms with Crippen molar-refractivity contribution in [3.05, 3.63) is 17.0 Å². The number of hydrogen-bond acceptors (Lipinski definition) is 2. The van der Waals surface area contributed by atoms with Gasteiger partial charge in [-0.25, -0.2) is 0 Å². The van der Waals surface area contributed by atoms with Gasteiger partial charge in [0.2, 0.25) is 0 Å². The minimum atomic E-state index is 0.170. The maximum Gasteiger partial charge on any atom is 0.0660 e. The fourth-order valence-electron chi connectivity index (χ4n) is 2.68. The van der Waals surface area contributed by atoms with Crippen molar-refractivity contribution in [1.82, 2.24) is 9.78 Å². The molecule has 0 aliphatic heterocycles. The minimum absolute atomic E-state index is 0.170. The number of hydrogen-bond donors (Lipinski definition) is 1. The molecular weight excluding hydrogens is 186 g/mol. The smallest absolute Gasteiger partial charge is 0.0660 e. The Bertz CT molecular complexity index is 388. The topological polar surface area (TPSA) is 43.8 Å². The minimum Gasteiger partial charge on any atom is -0.325 e. The van der Waals surface area contributed by atoms with E-state index in [1.165, 1.54) is 49.1 Å². The second-order valence-electron chi connectivity index (χ2n) is 5.21. The van der Waals surface area contributed by atoms with Gasteiger partial charge in [0.1, 0.15) is 0 Å². The van der Waals surface area contributed by atoms with Crippen LogP contribution in [0.2, 0.25) is 0 Å². The lowest BCUT2D eigenvalue weighted by Crippen LogP contribution is -2.22. The Morgan fingerprint density at radius 2 is 2.20 bits per heavy atom. The molecule has 3 rings (SSSR count). The van der Waals surface area contributed by atoms with Crippen molar-refractivity contribution in [2.24, 2.45) is 12.8 Å². The molecule has 0 unspecified atom stereocenters.